The molecule has 0 radical (unpaired) electrons. The van der Waals surface area contributed by atoms with Crippen molar-refractivity contribution in [3.8, 4) is 5.75 Å². The first-order valence-corrected chi connectivity index (χ1v) is 6.00. The van der Waals surface area contributed by atoms with Crippen LogP contribution in [0.15, 0.2) is 18.2 Å². The molecule has 1 aromatic carbocycles. The second kappa shape index (κ2) is 4.82. The van der Waals surface area contributed by atoms with Crippen molar-refractivity contribution < 1.29 is 10.0 Å². The summed E-state index contributed by atoms with van der Waals surface area (Å²) in [6.45, 7) is 4.17. The Bertz CT molecular complexity index is 404. The van der Waals surface area contributed by atoms with Crippen molar-refractivity contribution in [2.75, 3.05) is 5.33 Å². The fourth-order valence-corrected chi connectivity index (χ4v) is 1.63. The molecule has 88 valence electrons. The Balaban J connectivity index is 2.94. The largest absolute Gasteiger partial charge is 0.502 e. The van der Waals surface area contributed by atoms with Crippen LogP contribution in [0.3, 0.4) is 0 Å². The fraction of sp³-hybridized carbons (Fsp3) is 0.455. The topological polar surface area (TPSA) is 63.4 Å². The molecule has 0 aliphatic heterocycles. The van der Waals surface area contributed by atoms with Gasteiger partial charge in [0.25, 0.3) is 0 Å². The van der Waals surface area contributed by atoms with Gasteiger partial charge in [-0.15, -0.1) is 0 Å². The lowest BCUT2D eigenvalue weighted by atomic mass is 9.88. The smallest absolute Gasteiger partial charge is 0.310 e. The summed E-state index contributed by atoms with van der Waals surface area (Å²) in [5.41, 5.74) is 0.704. The summed E-state index contributed by atoms with van der Waals surface area (Å²) in [7, 11) is 0. The molecule has 0 saturated carbocycles. The van der Waals surface area contributed by atoms with Crippen LogP contribution in [0.25, 0.3) is 0 Å². The number of hydrogen-bond acceptors (Lipinski definition) is 3. The van der Waals surface area contributed by atoms with Gasteiger partial charge in [-0.1, -0.05) is 35.8 Å². The van der Waals surface area contributed by atoms with Crippen LogP contribution in [0.4, 0.5) is 5.69 Å². The first kappa shape index (κ1) is 13.0. The second-order valence-corrected chi connectivity index (χ2v) is 5.12. The molecule has 0 atom stereocenters. The van der Waals surface area contributed by atoms with E-state index in [0.717, 1.165) is 17.3 Å². The summed E-state index contributed by atoms with van der Waals surface area (Å²) in [6, 6.07) is 4.49. The van der Waals surface area contributed by atoms with Crippen LogP contribution in [0.1, 0.15) is 19.4 Å². The standard InChI is InChI=1S/C11H14BrNO3/c1-11(2,7-12)6-8-3-4-9(13(15)16)10(14)5-8/h3-5,14H,6-7H2,1-2H3. The molecule has 0 unspecified atom stereocenters. The highest BCUT2D eigenvalue weighted by Gasteiger charge is 2.19. The number of nitro benzene ring substituents is 1. The highest BCUT2D eigenvalue weighted by molar-refractivity contribution is 9.09. The van der Waals surface area contributed by atoms with Crippen molar-refractivity contribution in [1.29, 1.82) is 0 Å². The van der Waals surface area contributed by atoms with Crippen LogP contribution in [0, 0.1) is 15.5 Å². The highest BCUT2D eigenvalue weighted by Crippen LogP contribution is 2.30. The van der Waals surface area contributed by atoms with Gasteiger partial charge in [0.05, 0.1) is 4.92 Å². The van der Waals surface area contributed by atoms with Crippen molar-refractivity contribution in [1.82, 2.24) is 0 Å². The number of nitro groups is 1. The summed E-state index contributed by atoms with van der Waals surface area (Å²) < 4.78 is 0. The average Bonchev–Trinajstić information content (AvgIpc) is 2.16. The van der Waals surface area contributed by atoms with Gasteiger partial charge >= 0.3 is 5.69 Å². The zero-order valence-electron chi connectivity index (χ0n) is 9.24. The lowest BCUT2D eigenvalue weighted by Gasteiger charge is -2.21. The number of alkyl halides is 1. The third-order valence-electron chi connectivity index (χ3n) is 2.28. The highest BCUT2D eigenvalue weighted by atomic mass is 79.9. The maximum Gasteiger partial charge on any atom is 0.310 e. The van der Waals surface area contributed by atoms with Crippen LogP contribution in [-0.2, 0) is 6.42 Å². The van der Waals surface area contributed by atoms with Gasteiger partial charge in [-0.05, 0) is 23.5 Å². The predicted molar refractivity (Wildman–Crippen MR) is 66.0 cm³/mol. The van der Waals surface area contributed by atoms with E-state index in [1.54, 1.807) is 6.07 Å². The maximum absolute atomic E-state index is 10.5. The molecule has 0 spiro atoms. The van der Waals surface area contributed by atoms with E-state index >= 15 is 0 Å². The normalized spacial score (nSPS) is 11.4. The van der Waals surface area contributed by atoms with Gasteiger partial charge in [-0.25, -0.2) is 0 Å². The number of halogens is 1. The van der Waals surface area contributed by atoms with Crippen LogP contribution in [0.5, 0.6) is 5.75 Å². The quantitative estimate of drug-likeness (QED) is 0.525. The number of aromatic hydroxyl groups is 1. The molecular formula is C11H14BrNO3. The van der Waals surface area contributed by atoms with E-state index in [9.17, 15) is 15.2 Å². The van der Waals surface area contributed by atoms with E-state index in [2.05, 4.69) is 29.8 Å². The monoisotopic (exact) mass is 287 g/mol. The molecular weight excluding hydrogens is 274 g/mol. The minimum atomic E-state index is -0.589. The van der Waals surface area contributed by atoms with Crippen molar-refractivity contribution in [3.05, 3.63) is 33.9 Å². The van der Waals surface area contributed by atoms with Crippen LogP contribution < -0.4 is 0 Å². The molecule has 0 saturated heterocycles. The van der Waals surface area contributed by atoms with Crippen LogP contribution in [-0.4, -0.2) is 15.4 Å². The van der Waals surface area contributed by atoms with Crippen LogP contribution in [0.2, 0.25) is 0 Å². The van der Waals surface area contributed by atoms with Gasteiger partial charge in [0, 0.05) is 11.4 Å². The maximum atomic E-state index is 10.5. The number of benzene rings is 1. The Labute approximate surface area is 103 Å². The Morgan fingerprint density at radius 3 is 2.56 bits per heavy atom. The molecule has 1 N–H and O–H groups in total. The van der Waals surface area contributed by atoms with Crippen molar-refractivity contribution in [2.24, 2.45) is 5.41 Å². The van der Waals surface area contributed by atoms with Gasteiger partial charge in [0.2, 0.25) is 0 Å². The first-order valence-electron chi connectivity index (χ1n) is 4.88. The second-order valence-electron chi connectivity index (χ2n) is 4.55. The van der Waals surface area contributed by atoms with Gasteiger partial charge in [0.15, 0.2) is 5.75 Å². The van der Waals surface area contributed by atoms with Crippen molar-refractivity contribution in [3.63, 3.8) is 0 Å². The zero-order chi connectivity index (χ0) is 12.3. The molecule has 0 aliphatic rings. The van der Waals surface area contributed by atoms with E-state index in [0.29, 0.717) is 0 Å². The van der Waals surface area contributed by atoms with Crippen molar-refractivity contribution >= 4 is 21.6 Å². The molecule has 1 rings (SSSR count). The SMILES string of the molecule is CC(C)(CBr)Cc1ccc([N+](=O)[O-])c(O)c1. The van der Waals surface area contributed by atoms with E-state index in [-0.39, 0.29) is 16.9 Å². The summed E-state index contributed by atoms with van der Waals surface area (Å²) >= 11 is 3.41. The Morgan fingerprint density at radius 1 is 1.50 bits per heavy atom. The van der Waals surface area contributed by atoms with Gasteiger partial charge in [0.1, 0.15) is 0 Å². The zero-order valence-corrected chi connectivity index (χ0v) is 10.8. The first-order chi connectivity index (χ1) is 7.35. The van der Waals surface area contributed by atoms with E-state index < -0.39 is 4.92 Å². The van der Waals surface area contributed by atoms with E-state index in [1.807, 2.05) is 0 Å². The number of nitrogens with zero attached hydrogens (tertiary/aromatic N) is 1. The molecule has 4 nitrogen and oxygen atoms in total. The third kappa shape index (κ3) is 3.20. The lowest BCUT2D eigenvalue weighted by Crippen LogP contribution is -2.16. The molecule has 0 heterocycles. The minimum Gasteiger partial charge on any atom is -0.502 e. The predicted octanol–water partition coefficient (Wildman–Crippen LogP) is 3.26. The molecule has 5 heteroatoms. The lowest BCUT2D eigenvalue weighted by molar-refractivity contribution is -0.385. The number of rotatable bonds is 4. The fourth-order valence-electron chi connectivity index (χ4n) is 1.43. The summed E-state index contributed by atoms with van der Waals surface area (Å²) in [5.74, 6) is -0.270. The molecule has 0 fully saturated rings. The Kier molecular flexibility index (Phi) is 3.91. The number of phenolic OH excluding ortho intramolecular Hbond substituents is 1. The Hall–Kier alpha value is -1.10. The summed E-state index contributed by atoms with van der Waals surface area (Å²) in [6.07, 6.45) is 0.754. The molecule has 0 aromatic heterocycles. The molecule has 0 amide bonds. The minimum absolute atomic E-state index is 0.0581. The molecule has 0 bridgehead atoms. The summed E-state index contributed by atoms with van der Waals surface area (Å²) in [5, 5.41) is 20.8. The van der Waals surface area contributed by atoms with Gasteiger partial charge < -0.3 is 5.11 Å². The van der Waals surface area contributed by atoms with Gasteiger partial charge in [-0.2, -0.15) is 0 Å². The molecule has 1 aromatic rings. The van der Waals surface area contributed by atoms with Crippen LogP contribution >= 0.6 is 15.9 Å². The molecule has 0 aliphatic carbocycles. The van der Waals surface area contributed by atoms with Gasteiger partial charge in [-0.3, -0.25) is 10.1 Å². The summed E-state index contributed by atoms with van der Waals surface area (Å²) in [4.78, 5) is 9.92. The Morgan fingerprint density at radius 2 is 2.12 bits per heavy atom. The third-order valence-corrected chi connectivity index (χ3v) is 3.80. The van der Waals surface area contributed by atoms with E-state index in [1.165, 1.54) is 12.1 Å². The average molecular weight is 288 g/mol. The number of hydrogen-bond donors (Lipinski definition) is 1. The van der Waals surface area contributed by atoms with Crippen molar-refractivity contribution in [2.45, 2.75) is 20.3 Å². The number of phenols is 1. The van der Waals surface area contributed by atoms with E-state index in [4.69, 9.17) is 0 Å². The molecule has 16 heavy (non-hydrogen) atoms.